The van der Waals surface area contributed by atoms with Gasteiger partial charge in [0.05, 0.1) is 21.3 Å². The van der Waals surface area contributed by atoms with Crippen molar-refractivity contribution >= 4 is 39.9 Å². The number of nitrogens with one attached hydrogen (secondary N) is 2. The van der Waals surface area contributed by atoms with E-state index in [1.54, 1.807) is 36.5 Å². The number of aromatic nitrogens is 2. The minimum absolute atomic E-state index is 0.228. The summed E-state index contributed by atoms with van der Waals surface area (Å²) in [6.07, 6.45) is 3.50. The van der Waals surface area contributed by atoms with Crippen molar-refractivity contribution in [2.75, 3.05) is 18.4 Å². The van der Waals surface area contributed by atoms with Crippen LogP contribution in [0.15, 0.2) is 54.7 Å². The van der Waals surface area contributed by atoms with Gasteiger partial charge in [-0.3, -0.25) is 4.98 Å². The molecule has 0 spiro atoms. The van der Waals surface area contributed by atoms with Crippen molar-refractivity contribution in [3.63, 3.8) is 0 Å². The first-order valence-corrected chi connectivity index (χ1v) is 11.4. The average molecular weight is 485 g/mol. The second kappa shape index (κ2) is 9.21. The highest BCUT2D eigenvalue weighted by atomic mass is 35.5. The molecule has 1 fully saturated rings. The molecule has 0 unspecified atom stereocenters. The number of anilines is 1. The van der Waals surface area contributed by atoms with Crippen LogP contribution in [0.25, 0.3) is 33.3 Å². The summed E-state index contributed by atoms with van der Waals surface area (Å²) in [5.74, 6) is -0.692. The molecule has 2 N–H and O–H groups in total. The van der Waals surface area contributed by atoms with Gasteiger partial charge in [-0.05, 0) is 67.9 Å². The molecule has 5 rings (SSSR count). The van der Waals surface area contributed by atoms with Crippen LogP contribution in [0.1, 0.15) is 12.8 Å². The van der Waals surface area contributed by atoms with Gasteiger partial charge in [-0.1, -0.05) is 29.3 Å². The van der Waals surface area contributed by atoms with Crippen LogP contribution in [0.5, 0.6) is 0 Å². The maximum Gasteiger partial charge on any atom is 0.133 e. The Morgan fingerprint density at radius 2 is 1.70 bits per heavy atom. The predicted molar refractivity (Wildman–Crippen MR) is 130 cm³/mol. The van der Waals surface area contributed by atoms with E-state index < -0.39 is 11.6 Å². The highest BCUT2D eigenvalue weighted by Crippen LogP contribution is 2.40. The quantitative estimate of drug-likeness (QED) is 0.337. The molecular weight excluding hydrogens is 465 g/mol. The van der Waals surface area contributed by atoms with Crippen molar-refractivity contribution in [2.45, 2.75) is 18.9 Å². The monoisotopic (exact) mass is 484 g/mol. The van der Waals surface area contributed by atoms with E-state index in [0.717, 1.165) is 32.0 Å². The molecule has 0 bridgehead atoms. The van der Waals surface area contributed by atoms with Crippen molar-refractivity contribution in [1.29, 1.82) is 0 Å². The van der Waals surface area contributed by atoms with Crippen LogP contribution in [-0.4, -0.2) is 29.1 Å². The van der Waals surface area contributed by atoms with Gasteiger partial charge < -0.3 is 10.6 Å². The van der Waals surface area contributed by atoms with Crippen LogP contribution in [0, 0.1) is 11.6 Å². The lowest BCUT2D eigenvalue weighted by molar-refractivity contribution is 0.478. The van der Waals surface area contributed by atoms with E-state index in [-0.39, 0.29) is 11.6 Å². The summed E-state index contributed by atoms with van der Waals surface area (Å²) in [5.41, 5.74) is 2.45. The lowest BCUT2D eigenvalue weighted by Crippen LogP contribution is -2.35. The normalized spacial score (nSPS) is 14.5. The fourth-order valence-corrected chi connectivity index (χ4v) is 4.82. The highest BCUT2D eigenvalue weighted by Gasteiger charge is 2.20. The summed E-state index contributed by atoms with van der Waals surface area (Å²) >= 11 is 13.0. The van der Waals surface area contributed by atoms with Crippen molar-refractivity contribution in [2.24, 2.45) is 0 Å². The first kappa shape index (κ1) is 22.0. The molecular formula is C25H20Cl2F2N4. The Kier molecular flexibility index (Phi) is 6.15. The zero-order valence-electron chi connectivity index (χ0n) is 17.5. The number of halogens is 4. The van der Waals surface area contributed by atoms with Gasteiger partial charge in [0.15, 0.2) is 0 Å². The number of hydrogen-bond donors (Lipinski definition) is 2. The Labute approximate surface area is 200 Å². The molecule has 8 heteroatoms. The molecule has 33 heavy (non-hydrogen) atoms. The van der Waals surface area contributed by atoms with Gasteiger partial charge in [0, 0.05) is 34.8 Å². The maximum absolute atomic E-state index is 14.9. The molecule has 1 aliphatic heterocycles. The van der Waals surface area contributed by atoms with Gasteiger partial charge in [0.25, 0.3) is 0 Å². The predicted octanol–water partition coefficient (Wildman–Crippen LogP) is 6.71. The summed E-state index contributed by atoms with van der Waals surface area (Å²) < 4.78 is 28.5. The summed E-state index contributed by atoms with van der Waals surface area (Å²) in [6, 6.07) is 12.6. The van der Waals surface area contributed by atoms with Crippen LogP contribution >= 0.6 is 23.2 Å². The number of hydrogen-bond acceptors (Lipinski definition) is 4. The van der Waals surface area contributed by atoms with Gasteiger partial charge in [-0.25, -0.2) is 13.8 Å². The number of pyridine rings is 2. The van der Waals surface area contributed by atoms with E-state index >= 15 is 0 Å². The molecule has 3 heterocycles. The summed E-state index contributed by atoms with van der Waals surface area (Å²) in [6.45, 7) is 1.82. The largest absolute Gasteiger partial charge is 0.367 e. The Morgan fingerprint density at radius 1 is 0.939 bits per heavy atom. The molecule has 0 radical (unpaired) electrons. The summed E-state index contributed by atoms with van der Waals surface area (Å²) in [5, 5.41) is 8.36. The average Bonchev–Trinajstić information content (AvgIpc) is 2.80. The second-order valence-electron chi connectivity index (χ2n) is 8.00. The second-order valence-corrected chi connectivity index (χ2v) is 8.81. The van der Waals surface area contributed by atoms with Gasteiger partial charge in [0.2, 0.25) is 0 Å². The first-order chi connectivity index (χ1) is 16.0. The van der Waals surface area contributed by atoms with Gasteiger partial charge in [-0.2, -0.15) is 0 Å². The molecule has 1 aliphatic rings. The third-order valence-electron chi connectivity index (χ3n) is 5.84. The maximum atomic E-state index is 14.9. The topological polar surface area (TPSA) is 49.8 Å². The van der Waals surface area contributed by atoms with E-state index in [2.05, 4.69) is 15.6 Å². The minimum Gasteiger partial charge on any atom is -0.367 e. The SMILES string of the molecule is Fc1ccc(-c2cc(NC3CCNCC3)nc3c(-c4c(Cl)cccc4Cl)nccc23)c(F)c1. The Hall–Kier alpha value is -2.80. The Bertz CT molecular complexity index is 1320. The standard InChI is InChI=1S/C25H20Cl2F2N4/c26-19-2-1-3-20(27)23(19)25-24-17(8-11-31-25)18(16-5-4-14(28)12-21(16)29)13-22(33-24)32-15-6-9-30-10-7-15/h1-5,8,11-13,15,30H,6-7,9-10H2,(H,32,33). The first-order valence-electron chi connectivity index (χ1n) is 10.7. The molecule has 4 aromatic rings. The van der Waals surface area contributed by atoms with Crippen LogP contribution < -0.4 is 10.6 Å². The molecule has 0 amide bonds. The van der Waals surface area contributed by atoms with Crippen molar-refractivity contribution in [1.82, 2.24) is 15.3 Å². The molecule has 4 nitrogen and oxygen atoms in total. The van der Waals surface area contributed by atoms with Crippen LogP contribution in [0.4, 0.5) is 14.6 Å². The fourth-order valence-electron chi connectivity index (χ4n) is 4.24. The number of piperidine rings is 1. The smallest absolute Gasteiger partial charge is 0.133 e. The number of benzene rings is 2. The molecule has 0 saturated carbocycles. The number of fused-ring (bicyclic) bond motifs is 1. The van der Waals surface area contributed by atoms with Crippen LogP contribution in [-0.2, 0) is 0 Å². The summed E-state index contributed by atoms with van der Waals surface area (Å²) in [7, 11) is 0. The van der Waals surface area contributed by atoms with Crippen molar-refractivity contribution in [3.05, 3.63) is 76.4 Å². The highest BCUT2D eigenvalue weighted by molar-refractivity contribution is 6.39. The van der Waals surface area contributed by atoms with Gasteiger partial charge >= 0.3 is 0 Å². The van der Waals surface area contributed by atoms with Gasteiger partial charge in [-0.15, -0.1) is 0 Å². The molecule has 2 aromatic heterocycles. The molecule has 0 atom stereocenters. The van der Waals surface area contributed by atoms with E-state index in [9.17, 15) is 8.78 Å². The number of nitrogens with zero attached hydrogens (tertiary/aromatic N) is 2. The summed E-state index contributed by atoms with van der Waals surface area (Å²) in [4.78, 5) is 9.39. The van der Waals surface area contributed by atoms with E-state index in [4.69, 9.17) is 28.2 Å². The van der Waals surface area contributed by atoms with Gasteiger partial charge in [0.1, 0.15) is 17.5 Å². The van der Waals surface area contributed by atoms with Crippen molar-refractivity contribution < 1.29 is 8.78 Å². The van der Waals surface area contributed by atoms with E-state index in [0.29, 0.717) is 43.6 Å². The molecule has 168 valence electrons. The lowest BCUT2D eigenvalue weighted by Gasteiger charge is -2.25. The molecule has 1 saturated heterocycles. The van der Waals surface area contributed by atoms with E-state index in [1.165, 1.54) is 12.1 Å². The Balaban J connectivity index is 1.76. The molecule has 2 aromatic carbocycles. The van der Waals surface area contributed by atoms with Crippen LogP contribution in [0.3, 0.4) is 0 Å². The number of rotatable bonds is 4. The fraction of sp³-hybridized carbons (Fsp3) is 0.200. The van der Waals surface area contributed by atoms with E-state index in [1.807, 2.05) is 0 Å². The minimum atomic E-state index is -0.649. The Morgan fingerprint density at radius 3 is 2.42 bits per heavy atom. The zero-order chi connectivity index (χ0) is 22.9. The third-order valence-corrected chi connectivity index (χ3v) is 6.47. The zero-order valence-corrected chi connectivity index (χ0v) is 19.0. The van der Waals surface area contributed by atoms with Crippen LogP contribution in [0.2, 0.25) is 10.0 Å². The lowest BCUT2D eigenvalue weighted by atomic mass is 9.98. The third kappa shape index (κ3) is 4.38. The van der Waals surface area contributed by atoms with Crippen molar-refractivity contribution in [3.8, 4) is 22.4 Å². The molecule has 0 aliphatic carbocycles.